The van der Waals surface area contributed by atoms with Crippen LogP contribution in [0.3, 0.4) is 0 Å². The molecule has 0 radical (unpaired) electrons. The van der Waals surface area contributed by atoms with Crippen LogP contribution in [-0.4, -0.2) is 23.2 Å². The Kier molecular flexibility index (Phi) is 5.45. The molecule has 1 atom stereocenters. The molecule has 0 fully saturated rings. The fraction of sp³-hybridized carbons (Fsp3) is 0.429. The van der Waals surface area contributed by atoms with Gasteiger partial charge in [-0.3, -0.25) is 4.79 Å². The van der Waals surface area contributed by atoms with Crippen LogP contribution in [0.5, 0.6) is 0 Å². The molecule has 0 saturated heterocycles. The minimum absolute atomic E-state index is 0.218. The summed E-state index contributed by atoms with van der Waals surface area (Å²) in [6.07, 6.45) is -5.43. The molecule has 0 aromatic heterocycles. The minimum Gasteiger partial charge on any atom is -0.479 e. The van der Waals surface area contributed by atoms with Gasteiger partial charge in [0.1, 0.15) is 0 Å². The Morgan fingerprint density at radius 1 is 1.23 bits per heavy atom. The van der Waals surface area contributed by atoms with E-state index in [4.69, 9.17) is 16.7 Å². The summed E-state index contributed by atoms with van der Waals surface area (Å²) in [4.78, 5) is 23.0. The maximum Gasteiger partial charge on any atom is 0.394 e. The third-order valence-corrected chi connectivity index (χ3v) is 3.38. The first-order valence-corrected chi connectivity index (χ1v) is 6.66. The van der Waals surface area contributed by atoms with E-state index in [0.717, 1.165) is 13.8 Å². The standard InChI is InChI=1S/C14H15ClF3NO3/c1-13(2,14(16,17)18)7-10(20)19-11(12(21)22)8-3-5-9(15)6-4-8/h3-6,11H,7H2,1-2H3,(H,19,20)(H,21,22). The number of alkyl halides is 3. The Morgan fingerprint density at radius 3 is 2.14 bits per heavy atom. The maximum atomic E-state index is 12.7. The number of carboxylic acids is 1. The number of rotatable bonds is 5. The number of carbonyl (C=O) groups excluding carboxylic acids is 1. The van der Waals surface area contributed by atoms with Crippen molar-refractivity contribution in [2.75, 3.05) is 0 Å². The molecule has 1 aromatic rings. The molecule has 0 bridgehead atoms. The zero-order chi connectivity index (χ0) is 17.1. The van der Waals surface area contributed by atoms with E-state index >= 15 is 0 Å². The van der Waals surface area contributed by atoms with E-state index < -0.39 is 35.9 Å². The van der Waals surface area contributed by atoms with E-state index in [1.165, 1.54) is 24.3 Å². The van der Waals surface area contributed by atoms with Crippen LogP contribution in [0.1, 0.15) is 31.9 Å². The molecule has 0 spiro atoms. The topological polar surface area (TPSA) is 66.4 Å². The average molecular weight is 338 g/mol. The van der Waals surface area contributed by atoms with Crippen molar-refractivity contribution in [3.05, 3.63) is 34.9 Å². The Morgan fingerprint density at radius 2 is 1.73 bits per heavy atom. The number of carboxylic acid groups (broad SMARTS) is 1. The van der Waals surface area contributed by atoms with E-state index in [2.05, 4.69) is 5.32 Å². The van der Waals surface area contributed by atoms with Crippen molar-refractivity contribution in [1.82, 2.24) is 5.32 Å². The average Bonchev–Trinajstić information content (AvgIpc) is 2.35. The molecule has 0 aliphatic carbocycles. The quantitative estimate of drug-likeness (QED) is 0.863. The first-order chi connectivity index (χ1) is 9.94. The van der Waals surface area contributed by atoms with Gasteiger partial charge in [0, 0.05) is 11.4 Å². The maximum absolute atomic E-state index is 12.7. The van der Waals surface area contributed by atoms with Gasteiger partial charge in [0.15, 0.2) is 6.04 Å². The smallest absolute Gasteiger partial charge is 0.394 e. The Balaban J connectivity index is 2.86. The molecule has 122 valence electrons. The molecule has 2 N–H and O–H groups in total. The number of amides is 1. The second-order valence-electron chi connectivity index (χ2n) is 5.45. The van der Waals surface area contributed by atoms with Crippen LogP contribution in [0.25, 0.3) is 0 Å². The predicted molar refractivity (Wildman–Crippen MR) is 74.4 cm³/mol. The SMILES string of the molecule is CC(C)(CC(=O)NC(C(=O)O)c1ccc(Cl)cc1)C(F)(F)F. The summed E-state index contributed by atoms with van der Waals surface area (Å²) in [5, 5.41) is 11.6. The van der Waals surface area contributed by atoms with Gasteiger partial charge in [-0.15, -0.1) is 0 Å². The molecule has 1 aromatic carbocycles. The largest absolute Gasteiger partial charge is 0.479 e. The third kappa shape index (κ3) is 4.62. The first kappa shape index (κ1) is 18.3. The second kappa shape index (κ2) is 6.56. The van der Waals surface area contributed by atoms with Crippen molar-refractivity contribution in [2.45, 2.75) is 32.5 Å². The van der Waals surface area contributed by atoms with E-state index in [1.807, 2.05) is 0 Å². The monoisotopic (exact) mass is 337 g/mol. The third-order valence-electron chi connectivity index (χ3n) is 3.13. The summed E-state index contributed by atoms with van der Waals surface area (Å²) < 4.78 is 38.2. The molecule has 4 nitrogen and oxygen atoms in total. The molecule has 0 aliphatic rings. The molecule has 1 unspecified atom stereocenters. The van der Waals surface area contributed by atoms with E-state index in [9.17, 15) is 22.8 Å². The summed E-state index contributed by atoms with van der Waals surface area (Å²) in [5.74, 6) is -2.37. The highest BCUT2D eigenvalue weighted by Gasteiger charge is 2.48. The lowest BCUT2D eigenvalue weighted by atomic mass is 9.88. The number of nitrogens with one attached hydrogen (secondary N) is 1. The molecule has 8 heteroatoms. The van der Waals surface area contributed by atoms with Crippen molar-refractivity contribution in [1.29, 1.82) is 0 Å². The van der Waals surface area contributed by atoms with Crippen molar-refractivity contribution >= 4 is 23.5 Å². The van der Waals surface area contributed by atoms with Gasteiger partial charge < -0.3 is 10.4 Å². The molecule has 22 heavy (non-hydrogen) atoms. The van der Waals surface area contributed by atoms with Crippen LogP contribution < -0.4 is 5.32 Å². The summed E-state index contributed by atoms with van der Waals surface area (Å²) in [7, 11) is 0. The van der Waals surface area contributed by atoms with Crippen LogP contribution in [0.15, 0.2) is 24.3 Å². The summed E-state index contributed by atoms with van der Waals surface area (Å²) >= 11 is 5.68. The number of halogens is 4. The van der Waals surface area contributed by atoms with Gasteiger partial charge in [0.05, 0.1) is 5.41 Å². The zero-order valence-corrected chi connectivity index (χ0v) is 12.6. The van der Waals surface area contributed by atoms with Crippen LogP contribution in [-0.2, 0) is 9.59 Å². The van der Waals surface area contributed by atoms with E-state index in [0.29, 0.717) is 5.02 Å². The number of benzene rings is 1. The zero-order valence-electron chi connectivity index (χ0n) is 11.9. The molecule has 0 heterocycles. The van der Waals surface area contributed by atoms with Gasteiger partial charge in [-0.05, 0) is 17.7 Å². The van der Waals surface area contributed by atoms with Crippen molar-refractivity contribution in [2.24, 2.45) is 5.41 Å². The van der Waals surface area contributed by atoms with Gasteiger partial charge in [0.2, 0.25) is 5.91 Å². The summed E-state index contributed by atoms with van der Waals surface area (Å²) in [5.41, 5.74) is -2.03. The molecule has 1 rings (SSSR count). The summed E-state index contributed by atoms with van der Waals surface area (Å²) in [6, 6.07) is 4.19. The minimum atomic E-state index is -4.57. The number of carbonyl (C=O) groups is 2. The second-order valence-corrected chi connectivity index (χ2v) is 5.89. The summed E-state index contributed by atoms with van der Waals surface area (Å²) in [6.45, 7) is 1.76. The molecule has 0 saturated carbocycles. The Hall–Kier alpha value is -1.76. The highest BCUT2D eigenvalue weighted by atomic mass is 35.5. The molecule has 1 amide bonds. The Labute approximate surface area is 130 Å². The van der Waals surface area contributed by atoms with Crippen LogP contribution in [0, 0.1) is 5.41 Å². The van der Waals surface area contributed by atoms with Gasteiger partial charge in [-0.25, -0.2) is 4.79 Å². The lowest BCUT2D eigenvalue weighted by molar-refractivity contribution is -0.213. The van der Waals surface area contributed by atoms with Crippen molar-refractivity contribution in [3.8, 4) is 0 Å². The van der Waals surface area contributed by atoms with Gasteiger partial charge in [-0.2, -0.15) is 13.2 Å². The highest BCUT2D eigenvalue weighted by Crippen LogP contribution is 2.40. The van der Waals surface area contributed by atoms with Gasteiger partial charge in [-0.1, -0.05) is 37.6 Å². The number of hydrogen-bond acceptors (Lipinski definition) is 2. The fourth-order valence-corrected chi connectivity index (χ4v) is 1.78. The predicted octanol–water partition coefficient (Wildman–Crippen LogP) is 3.56. The first-order valence-electron chi connectivity index (χ1n) is 6.28. The van der Waals surface area contributed by atoms with E-state index in [1.54, 1.807) is 0 Å². The van der Waals surface area contributed by atoms with Gasteiger partial charge >= 0.3 is 12.1 Å². The highest BCUT2D eigenvalue weighted by molar-refractivity contribution is 6.30. The van der Waals surface area contributed by atoms with Crippen LogP contribution in [0.4, 0.5) is 13.2 Å². The Bertz CT molecular complexity index is 555. The lowest BCUT2D eigenvalue weighted by Crippen LogP contribution is -2.40. The van der Waals surface area contributed by atoms with Crippen molar-refractivity contribution < 1.29 is 27.9 Å². The normalized spacial score (nSPS) is 13.5. The molecular weight excluding hydrogens is 323 g/mol. The van der Waals surface area contributed by atoms with E-state index in [-0.39, 0.29) is 5.56 Å². The lowest BCUT2D eigenvalue weighted by Gasteiger charge is -2.27. The van der Waals surface area contributed by atoms with Crippen LogP contribution in [0.2, 0.25) is 5.02 Å². The molecular formula is C14H15ClF3NO3. The van der Waals surface area contributed by atoms with Crippen LogP contribution >= 0.6 is 11.6 Å². The number of aliphatic carboxylic acids is 1. The number of hydrogen-bond donors (Lipinski definition) is 2. The molecule has 0 aliphatic heterocycles. The van der Waals surface area contributed by atoms with Crippen molar-refractivity contribution in [3.63, 3.8) is 0 Å². The van der Waals surface area contributed by atoms with Gasteiger partial charge in [0.25, 0.3) is 0 Å². The fourth-order valence-electron chi connectivity index (χ4n) is 1.66.